The molecule has 4 aromatic rings. The van der Waals surface area contributed by atoms with Crippen LogP contribution in [0.3, 0.4) is 0 Å². The van der Waals surface area contributed by atoms with Crippen molar-refractivity contribution in [3.63, 3.8) is 0 Å². The molecule has 2 aromatic heterocycles. The minimum absolute atomic E-state index is 0.282. The maximum Gasteiger partial charge on any atom is 0.143 e. The molecule has 0 radical (unpaired) electrons. The fraction of sp³-hybridized carbons (Fsp3) is 0.0500. The van der Waals surface area contributed by atoms with E-state index in [4.69, 9.17) is 20.6 Å². The number of pyridine rings is 1. The van der Waals surface area contributed by atoms with Crippen molar-refractivity contribution in [2.75, 3.05) is 11.5 Å². The van der Waals surface area contributed by atoms with Crippen LogP contribution in [0.25, 0.3) is 22.1 Å². The summed E-state index contributed by atoms with van der Waals surface area (Å²) in [5, 5.41) is 0.752. The molecule has 0 aliphatic rings. The largest absolute Gasteiger partial charge is 0.487 e. The normalized spacial score (nSPS) is 11.0. The van der Waals surface area contributed by atoms with Gasteiger partial charge in [0.1, 0.15) is 29.6 Å². The van der Waals surface area contributed by atoms with Crippen molar-refractivity contribution >= 4 is 22.5 Å². The quantitative estimate of drug-likeness (QED) is 0.534. The van der Waals surface area contributed by atoms with E-state index in [1.807, 2.05) is 12.1 Å². The zero-order valence-electron chi connectivity index (χ0n) is 13.8. The summed E-state index contributed by atoms with van der Waals surface area (Å²) in [5.74, 6) is 0.647. The molecular formula is C20H16FN3O2. The topological polar surface area (TPSA) is 87.3 Å². The molecule has 0 aliphatic heterocycles. The Morgan fingerprint density at radius 3 is 2.65 bits per heavy atom. The summed E-state index contributed by atoms with van der Waals surface area (Å²) in [5.41, 5.74) is 15.7. The van der Waals surface area contributed by atoms with Crippen molar-refractivity contribution in [3.05, 3.63) is 72.4 Å². The Morgan fingerprint density at radius 2 is 1.85 bits per heavy atom. The Morgan fingerprint density at radius 1 is 1.04 bits per heavy atom. The number of furan rings is 1. The summed E-state index contributed by atoms with van der Waals surface area (Å²) < 4.78 is 24.4. The Labute approximate surface area is 149 Å². The van der Waals surface area contributed by atoms with Crippen LogP contribution in [0, 0.1) is 5.82 Å². The number of nitrogens with two attached hydrogens (primary N) is 2. The lowest BCUT2D eigenvalue weighted by atomic mass is 10.0. The van der Waals surface area contributed by atoms with E-state index in [9.17, 15) is 4.39 Å². The number of nitrogens with zero attached hydrogens (tertiary/aromatic N) is 1. The van der Waals surface area contributed by atoms with Gasteiger partial charge in [0.25, 0.3) is 0 Å². The lowest BCUT2D eigenvalue weighted by molar-refractivity contribution is 0.308. The average molecular weight is 349 g/mol. The molecule has 0 amide bonds. The molecule has 0 saturated heterocycles. The number of aromatic nitrogens is 1. The molecule has 130 valence electrons. The van der Waals surface area contributed by atoms with E-state index in [0.717, 1.165) is 22.1 Å². The van der Waals surface area contributed by atoms with Crippen LogP contribution in [0.1, 0.15) is 5.56 Å². The fourth-order valence-electron chi connectivity index (χ4n) is 2.79. The third kappa shape index (κ3) is 2.93. The van der Waals surface area contributed by atoms with Crippen LogP contribution in [0.5, 0.6) is 5.75 Å². The van der Waals surface area contributed by atoms with Crippen LogP contribution in [-0.4, -0.2) is 4.98 Å². The second-order valence-corrected chi connectivity index (χ2v) is 5.89. The molecule has 2 aromatic carbocycles. The zero-order valence-corrected chi connectivity index (χ0v) is 13.8. The zero-order chi connectivity index (χ0) is 18.1. The fourth-order valence-corrected chi connectivity index (χ4v) is 2.79. The minimum atomic E-state index is -0.284. The first-order valence-electron chi connectivity index (χ1n) is 8.00. The molecule has 0 unspecified atom stereocenters. The van der Waals surface area contributed by atoms with Gasteiger partial charge in [0.05, 0.1) is 17.3 Å². The third-order valence-electron chi connectivity index (χ3n) is 4.15. The lowest BCUT2D eigenvalue weighted by Gasteiger charge is -2.11. The number of halogens is 1. The van der Waals surface area contributed by atoms with Crippen LogP contribution >= 0.6 is 0 Å². The minimum Gasteiger partial charge on any atom is -0.487 e. The number of anilines is 2. The SMILES string of the molecule is Nc1ccc(-c2coc3ccnc(N)c23)cc1OCc1ccc(F)cc1. The highest BCUT2D eigenvalue weighted by Crippen LogP contribution is 2.36. The molecule has 5 nitrogen and oxygen atoms in total. The molecule has 2 heterocycles. The maximum atomic E-state index is 13.0. The number of benzene rings is 2. The highest BCUT2D eigenvalue weighted by Gasteiger charge is 2.13. The van der Waals surface area contributed by atoms with E-state index in [1.165, 1.54) is 12.1 Å². The van der Waals surface area contributed by atoms with Crippen molar-refractivity contribution in [1.82, 2.24) is 4.98 Å². The van der Waals surface area contributed by atoms with Gasteiger partial charge in [0.2, 0.25) is 0 Å². The van der Waals surface area contributed by atoms with Gasteiger partial charge >= 0.3 is 0 Å². The molecule has 0 aliphatic carbocycles. The Kier molecular flexibility index (Phi) is 3.93. The second-order valence-electron chi connectivity index (χ2n) is 5.89. The molecule has 0 saturated carbocycles. The molecule has 26 heavy (non-hydrogen) atoms. The Bertz CT molecular complexity index is 1070. The highest BCUT2D eigenvalue weighted by atomic mass is 19.1. The van der Waals surface area contributed by atoms with Crippen LogP contribution in [0.4, 0.5) is 15.9 Å². The van der Waals surface area contributed by atoms with E-state index in [2.05, 4.69) is 4.98 Å². The van der Waals surface area contributed by atoms with Crippen LogP contribution in [0.2, 0.25) is 0 Å². The average Bonchev–Trinajstić information content (AvgIpc) is 3.08. The molecule has 0 bridgehead atoms. The lowest BCUT2D eigenvalue weighted by Crippen LogP contribution is -1.99. The standard InChI is InChI=1S/C20H16FN3O2/c21-14-4-1-12(2-5-14)10-25-18-9-13(3-6-16(18)22)15-11-26-17-7-8-24-20(23)19(15)17/h1-9,11H,10,22H2,(H2,23,24). The second kappa shape index (κ2) is 6.40. The molecule has 4 rings (SSSR count). The van der Waals surface area contributed by atoms with E-state index < -0.39 is 0 Å². The number of hydrogen-bond donors (Lipinski definition) is 2. The summed E-state index contributed by atoms with van der Waals surface area (Å²) in [6.45, 7) is 0.282. The molecule has 0 spiro atoms. The highest BCUT2D eigenvalue weighted by molar-refractivity contribution is 6.00. The van der Waals surface area contributed by atoms with Gasteiger partial charge in [-0.25, -0.2) is 9.37 Å². The third-order valence-corrected chi connectivity index (χ3v) is 4.15. The summed E-state index contributed by atoms with van der Waals surface area (Å²) in [7, 11) is 0. The predicted octanol–water partition coefficient (Wildman–Crippen LogP) is 4.38. The summed E-state index contributed by atoms with van der Waals surface area (Å²) in [6, 6.07) is 13.4. The van der Waals surface area contributed by atoms with E-state index in [0.29, 0.717) is 22.8 Å². The van der Waals surface area contributed by atoms with Gasteiger partial charge in [-0.2, -0.15) is 0 Å². The maximum absolute atomic E-state index is 13.0. The molecule has 0 atom stereocenters. The van der Waals surface area contributed by atoms with Gasteiger partial charge in [-0.3, -0.25) is 0 Å². The number of rotatable bonds is 4. The summed E-state index contributed by atoms with van der Waals surface area (Å²) in [6.07, 6.45) is 3.24. The Balaban J connectivity index is 1.66. The van der Waals surface area contributed by atoms with Gasteiger partial charge in [0.15, 0.2) is 0 Å². The van der Waals surface area contributed by atoms with Gasteiger partial charge < -0.3 is 20.6 Å². The van der Waals surface area contributed by atoms with E-state index >= 15 is 0 Å². The number of ether oxygens (including phenoxy) is 1. The summed E-state index contributed by atoms with van der Waals surface area (Å²) in [4.78, 5) is 4.12. The van der Waals surface area contributed by atoms with Crippen molar-refractivity contribution in [2.24, 2.45) is 0 Å². The first kappa shape index (κ1) is 16.0. The molecule has 6 heteroatoms. The first-order chi connectivity index (χ1) is 12.6. The smallest absolute Gasteiger partial charge is 0.143 e. The van der Waals surface area contributed by atoms with Gasteiger partial charge in [0, 0.05) is 11.8 Å². The van der Waals surface area contributed by atoms with Crippen molar-refractivity contribution in [2.45, 2.75) is 6.61 Å². The molecule has 4 N–H and O–H groups in total. The van der Waals surface area contributed by atoms with Crippen LogP contribution in [-0.2, 0) is 6.61 Å². The predicted molar refractivity (Wildman–Crippen MR) is 99.0 cm³/mol. The molecule has 0 fully saturated rings. The monoisotopic (exact) mass is 349 g/mol. The van der Waals surface area contributed by atoms with Crippen molar-refractivity contribution in [1.29, 1.82) is 0 Å². The summed E-state index contributed by atoms with van der Waals surface area (Å²) >= 11 is 0. The van der Waals surface area contributed by atoms with Gasteiger partial charge in [-0.15, -0.1) is 0 Å². The van der Waals surface area contributed by atoms with Crippen LogP contribution < -0.4 is 16.2 Å². The Hall–Kier alpha value is -3.54. The van der Waals surface area contributed by atoms with Crippen molar-refractivity contribution < 1.29 is 13.5 Å². The van der Waals surface area contributed by atoms with E-state index in [1.54, 1.807) is 36.7 Å². The number of hydrogen-bond acceptors (Lipinski definition) is 5. The number of nitrogen functional groups attached to an aromatic ring is 2. The van der Waals surface area contributed by atoms with E-state index in [-0.39, 0.29) is 12.4 Å². The number of fused-ring (bicyclic) bond motifs is 1. The van der Waals surface area contributed by atoms with Crippen molar-refractivity contribution in [3.8, 4) is 16.9 Å². The molecular weight excluding hydrogens is 333 g/mol. The van der Waals surface area contributed by atoms with Gasteiger partial charge in [-0.1, -0.05) is 18.2 Å². The van der Waals surface area contributed by atoms with Crippen LogP contribution in [0.15, 0.2) is 65.4 Å². The first-order valence-corrected chi connectivity index (χ1v) is 8.00. The van der Waals surface area contributed by atoms with Gasteiger partial charge in [-0.05, 0) is 41.5 Å².